The third-order valence-electron chi connectivity index (χ3n) is 4.77. The van der Waals surface area contributed by atoms with Gasteiger partial charge in [0.15, 0.2) is 0 Å². The van der Waals surface area contributed by atoms with Gasteiger partial charge in [-0.05, 0) is 41.0 Å². The second-order valence-electron chi connectivity index (χ2n) is 6.72. The largest absolute Gasteiger partial charge is 0.497 e. The lowest BCUT2D eigenvalue weighted by Crippen LogP contribution is -2.23. The van der Waals surface area contributed by atoms with Crippen molar-refractivity contribution in [1.29, 1.82) is 0 Å². The van der Waals surface area contributed by atoms with Gasteiger partial charge < -0.3 is 19.9 Å². The number of amides is 1. The summed E-state index contributed by atoms with van der Waals surface area (Å²) in [5.41, 5.74) is 4.59. The first-order valence-corrected chi connectivity index (χ1v) is 9.26. The summed E-state index contributed by atoms with van der Waals surface area (Å²) in [5, 5.41) is 10.3. The fraction of sp³-hybridized carbons (Fsp3) is 0.286. The van der Waals surface area contributed by atoms with Crippen molar-refractivity contribution in [2.24, 2.45) is 0 Å². The van der Waals surface area contributed by atoms with Crippen LogP contribution in [0, 0.1) is 0 Å². The zero-order valence-corrected chi connectivity index (χ0v) is 16.9. The topological polar surface area (TPSA) is 89.3 Å². The van der Waals surface area contributed by atoms with Gasteiger partial charge >= 0.3 is 0 Å². The molecule has 2 aromatic carbocycles. The van der Waals surface area contributed by atoms with Crippen molar-refractivity contribution >= 4 is 18.3 Å². The van der Waals surface area contributed by atoms with Crippen LogP contribution in [0.5, 0.6) is 5.75 Å². The summed E-state index contributed by atoms with van der Waals surface area (Å²) in [6.07, 6.45) is 0.708. The lowest BCUT2D eigenvalue weighted by Gasteiger charge is -2.06. The molecule has 1 aliphatic rings. The summed E-state index contributed by atoms with van der Waals surface area (Å²) in [4.78, 5) is 16.5. The first kappa shape index (κ1) is 20.8. The number of nitrogens with zero attached hydrogens (tertiary/aromatic N) is 2. The highest BCUT2D eigenvalue weighted by Crippen LogP contribution is 2.20. The molecule has 1 amide bonds. The molecule has 4 rings (SSSR count). The van der Waals surface area contributed by atoms with Crippen LogP contribution in [-0.4, -0.2) is 23.2 Å². The molecule has 0 unspecified atom stereocenters. The number of halogens is 1. The fourth-order valence-electron chi connectivity index (χ4n) is 3.18. The van der Waals surface area contributed by atoms with Gasteiger partial charge in [-0.15, -0.1) is 12.4 Å². The lowest BCUT2D eigenvalue weighted by molar-refractivity contribution is -0.121. The number of ether oxygens (including phenoxy) is 1. The van der Waals surface area contributed by atoms with Crippen LogP contribution in [-0.2, 0) is 30.8 Å². The van der Waals surface area contributed by atoms with Crippen molar-refractivity contribution in [3.8, 4) is 17.1 Å². The van der Waals surface area contributed by atoms with Gasteiger partial charge in [0, 0.05) is 38.0 Å². The maximum absolute atomic E-state index is 12.1. The standard InChI is InChI=1S/C21H22N4O3.ClH/c1-27-18-6-4-15(5-7-18)21-24-20(28-25-21)9-8-19(26)23-11-14-2-3-16-12-22-13-17(16)10-14;/h2-7,10,22H,8-9,11-13H2,1H3,(H,23,26);1H. The molecule has 0 aliphatic carbocycles. The minimum absolute atomic E-state index is 0. The molecule has 0 fully saturated rings. The second-order valence-corrected chi connectivity index (χ2v) is 6.72. The van der Waals surface area contributed by atoms with E-state index in [9.17, 15) is 4.79 Å². The second kappa shape index (κ2) is 9.54. The number of nitrogens with one attached hydrogen (secondary N) is 2. The maximum Gasteiger partial charge on any atom is 0.227 e. The maximum atomic E-state index is 12.1. The Morgan fingerprint density at radius 1 is 1.17 bits per heavy atom. The van der Waals surface area contributed by atoms with Gasteiger partial charge in [0.05, 0.1) is 7.11 Å². The molecule has 0 saturated carbocycles. The van der Waals surface area contributed by atoms with E-state index in [0.29, 0.717) is 31.1 Å². The van der Waals surface area contributed by atoms with E-state index in [4.69, 9.17) is 9.26 Å². The van der Waals surface area contributed by atoms with E-state index < -0.39 is 0 Å². The van der Waals surface area contributed by atoms with Crippen LogP contribution in [0.3, 0.4) is 0 Å². The Hall–Kier alpha value is -2.90. The van der Waals surface area contributed by atoms with E-state index in [1.54, 1.807) is 7.11 Å². The summed E-state index contributed by atoms with van der Waals surface area (Å²) >= 11 is 0. The lowest BCUT2D eigenvalue weighted by atomic mass is 10.1. The molecule has 0 bridgehead atoms. The Bertz CT molecular complexity index is 972. The highest BCUT2D eigenvalue weighted by atomic mass is 35.5. The molecule has 2 heterocycles. The smallest absolute Gasteiger partial charge is 0.227 e. The molecule has 3 aromatic rings. The minimum atomic E-state index is -0.0391. The number of benzene rings is 2. The molecule has 0 saturated heterocycles. The number of hydrogen-bond acceptors (Lipinski definition) is 6. The average Bonchev–Trinajstić information content (AvgIpc) is 3.39. The van der Waals surface area contributed by atoms with E-state index in [-0.39, 0.29) is 18.3 Å². The monoisotopic (exact) mass is 414 g/mol. The summed E-state index contributed by atoms with van der Waals surface area (Å²) < 4.78 is 10.4. The van der Waals surface area contributed by atoms with Crippen LogP contribution >= 0.6 is 12.4 Å². The van der Waals surface area contributed by atoms with Crippen molar-refractivity contribution in [3.63, 3.8) is 0 Å². The molecule has 7 nitrogen and oxygen atoms in total. The van der Waals surface area contributed by atoms with Crippen LogP contribution < -0.4 is 15.4 Å². The fourth-order valence-corrected chi connectivity index (χ4v) is 3.18. The van der Waals surface area contributed by atoms with Gasteiger partial charge in [-0.2, -0.15) is 4.98 Å². The Kier molecular flexibility index (Phi) is 6.85. The number of aromatic nitrogens is 2. The molecule has 29 heavy (non-hydrogen) atoms. The number of carbonyl (C=O) groups excluding carboxylic acids is 1. The van der Waals surface area contributed by atoms with Crippen molar-refractivity contribution < 1.29 is 14.1 Å². The highest BCUT2D eigenvalue weighted by molar-refractivity contribution is 5.85. The summed E-state index contributed by atoms with van der Waals surface area (Å²) in [6.45, 7) is 2.34. The van der Waals surface area contributed by atoms with Gasteiger partial charge in [0.1, 0.15) is 5.75 Å². The molecular formula is C21H23ClN4O3. The minimum Gasteiger partial charge on any atom is -0.497 e. The average molecular weight is 415 g/mol. The molecule has 152 valence electrons. The Morgan fingerprint density at radius 3 is 2.76 bits per heavy atom. The molecule has 2 N–H and O–H groups in total. The normalized spacial score (nSPS) is 12.2. The van der Waals surface area contributed by atoms with Gasteiger partial charge in [-0.1, -0.05) is 23.4 Å². The first-order chi connectivity index (χ1) is 13.7. The van der Waals surface area contributed by atoms with Crippen molar-refractivity contribution in [2.45, 2.75) is 32.5 Å². The summed E-state index contributed by atoms with van der Waals surface area (Å²) in [7, 11) is 1.62. The number of fused-ring (bicyclic) bond motifs is 1. The molecule has 0 atom stereocenters. The van der Waals surface area contributed by atoms with Crippen LogP contribution in [0.1, 0.15) is 29.0 Å². The quantitative estimate of drug-likeness (QED) is 0.617. The third kappa shape index (κ3) is 5.13. The number of methoxy groups -OCH3 is 1. The molecule has 1 aliphatic heterocycles. The SMILES string of the molecule is COc1ccc(-c2noc(CCC(=O)NCc3ccc4c(c3)CNC4)n2)cc1.Cl. The third-order valence-corrected chi connectivity index (χ3v) is 4.77. The van der Waals surface area contributed by atoms with Gasteiger partial charge in [0.2, 0.25) is 17.6 Å². The van der Waals surface area contributed by atoms with Crippen LogP contribution in [0.15, 0.2) is 47.0 Å². The highest BCUT2D eigenvalue weighted by Gasteiger charge is 2.12. The molecule has 0 radical (unpaired) electrons. The molecule has 1 aromatic heterocycles. The Labute approximate surface area is 175 Å². The van der Waals surface area contributed by atoms with Gasteiger partial charge in [0.25, 0.3) is 0 Å². The van der Waals surface area contributed by atoms with Crippen LogP contribution in [0.2, 0.25) is 0 Å². The van der Waals surface area contributed by atoms with Crippen LogP contribution in [0.4, 0.5) is 0 Å². The number of rotatable bonds is 7. The number of hydrogen-bond donors (Lipinski definition) is 2. The van der Waals surface area contributed by atoms with E-state index in [2.05, 4.69) is 39.0 Å². The van der Waals surface area contributed by atoms with E-state index in [0.717, 1.165) is 30.0 Å². The van der Waals surface area contributed by atoms with E-state index in [1.165, 1.54) is 11.1 Å². The Balaban J connectivity index is 0.00000240. The van der Waals surface area contributed by atoms with E-state index >= 15 is 0 Å². The van der Waals surface area contributed by atoms with E-state index in [1.807, 2.05) is 24.3 Å². The zero-order chi connectivity index (χ0) is 19.3. The Morgan fingerprint density at radius 2 is 1.97 bits per heavy atom. The summed E-state index contributed by atoms with van der Waals surface area (Å²) in [6, 6.07) is 13.7. The van der Waals surface area contributed by atoms with Crippen molar-refractivity contribution in [3.05, 3.63) is 65.0 Å². The predicted octanol–water partition coefficient (Wildman–Crippen LogP) is 3.02. The number of carbonyl (C=O) groups is 1. The molecule has 8 heteroatoms. The summed E-state index contributed by atoms with van der Waals surface area (Å²) in [5.74, 6) is 1.68. The van der Waals surface area contributed by atoms with Gasteiger partial charge in [-0.25, -0.2) is 0 Å². The zero-order valence-electron chi connectivity index (χ0n) is 16.1. The van der Waals surface area contributed by atoms with Crippen molar-refractivity contribution in [2.75, 3.05) is 7.11 Å². The molecular weight excluding hydrogens is 392 g/mol. The van der Waals surface area contributed by atoms with Crippen LogP contribution in [0.25, 0.3) is 11.4 Å². The molecule has 0 spiro atoms. The van der Waals surface area contributed by atoms with Crippen molar-refractivity contribution in [1.82, 2.24) is 20.8 Å². The number of aryl methyl sites for hydroxylation is 1. The van der Waals surface area contributed by atoms with Gasteiger partial charge in [-0.3, -0.25) is 4.79 Å². The first-order valence-electron chi connectivity index (χ1n) is 9.26. The predicted molar refractivity (Wildman–Crippen MR) is 111 cm³/mol.